The number of hydrogen-bond donors (Lipinski definition) is 0. The topological polar surface area (TPSA) is 9.23 Å². The Morgan fingerprint density at radius 1 is 0.773 bits per heavy atom. The standard InChI is InChI=1S/C15H21F5OSi/c1-15(2,21-22)8-6-4-3-5-7-9-10(16)12(18)14(20)13(19)11(9)17/h3-8H2,1-2,22H3. The van der Waals surface area contributed by atoms with Crippen LogP contribution in [-0.2, 0) is 10.8 Å². The summed E-state index contributed by atoms with van der Waals surface area (Å²) >= 11 is 0. The number of hydrogen-bond acceptors (Lipinski definition) is 1. The first-order chi connectivity index (χ1) is 10.2. The Morgan fingerprint density at radius 3 is 1.73 bits per heavy atom. The summed E-state index contributed by atoms with van der Waals surface area (Å²) in [5, 5.41) is 0. The van der Waals surface area contributed by atoms with Crippen molar-refractivity contribution in [3.63, 3.8) is 0 Å². The smallest absolute Gasteiger partial charge is 0.200 e. The fraction of sp³-hybridized carbons (Fsp3) is 0.600. The monoisotopic (exact) mass is 340 g/mol. The van der Waals surface area contributed by atoms with Crippen LogP contribution in [0.3, 0.4) is 0 Å². The van der Waals surface area contributed by atoms with Gasteiger partial charge in [-0.3, -0.25) is 0 Å². The maximum Gasteiger partial charge on any atom is 0.200 e. The molecular weight excluding hydrogens is 319 g/mol. The van der Waals surface area contributed by atoms with Crippen molar-refractivity contribution in [3.05, 3.63) is 34.6 Å². The van der Waals surface area contributed by atoms with Crippen LogP contribution in [0.4, 0.5) is 22.0 Å². The van der Waals surface area contributed by atoms with Crippen LogP contribution in [0.5, 0.6) is 0 Å². The van der Waals surface area contributed by atoms with Gasteiger partial charge in [0.2, 0.25) is 5.82 Å². The molecule has 0 fully saturated rings. The highest BCUT2D eigenvalue weighted by atomic mass is 28.2. The predicted molar refractivity (Wildman–Crippen MR) is 78.1 cm³/mol. The van der Waals surface area contributed by atoms with E-state index in [4.69, 9.17) is 4.43 Å². The lowest BCUT2D eigenvalue weighted by Gasteiger charge is -2.23. The lowest BCUT2D eigenvalue weighted by Crippen LogP contribution is -2.22. The third-order valence-electron chi connectivity index (χ3n) is 3.81. The Balaban J connectivity index is 2.50. The van der Waals surface area contributed by atoms with Crippen LogP contribution in [0.2, 0.25) is 0 Å². The van der Waals surface area contributed by atoms with Gasteiger partial charge in [0.1, 0.15) is 10.5 Å². The Kier molecular flexibility index (Phi) is 6.99. The summed E-state index contributed by atoms with van der Waals surface area (Å²) in [6.07, 6.45) is 3.47. The van der Waals surface area contributed by atoms with E-state index in [1.807, 2.05) is 13.8 Å². The number of rotatable bonds is 8. The van der Waals surface area contributed by atoms with Gasteiger partial charge in [0, 0.05) is 11.2 Å². The third-order valence-corrected chi connectivity index (χ3v) is 4.91. The predicted octanol–water partition coefficient (Wildman–Crippen LogP) is 3.95. The van der Waals surface area contributed by atoms with Gasteiger partial charge in [-0.15, -0.1) is 0 Å². The summed E-state index contributed by atoms with van der Waals surface area (Å²) in [6, 6.07) is 0. The Labute approximate surface area is 130 Å². The van der Waals surface area contributed by atoms with Crippen LogP contribution in [0.25, 0.3) is 0 Å². The van der Waals surface area contributed by atoms with E-state index in [1.54, 1.807) is 0 Å². The normalized spacial score (nSPS) is 12.1. The van der Waals surface area contributed by atoms with Gasteiger partial charge in [0.15, 0.2) is 23.3 Å². The zero-order chi connectivity index (χ0) is 16.9. The molecule has 126 valence electrons. The lowest BCUT2D eigenvalue weighted by atomic mass is 9.99. The molecule has 1 aromatic rings. The summed E-state index contributed by atoms with van der Waals surface area (Å²) in [6.45, 7) is 3.99. The lowest BCUT2D eigenvalue weighted by molar-refractivity contribution is 0.109. The summed E-state index contributed by atoms with van der Waals surface area (Å²) in [5.41, 5.74) is -0.882. The van der Waals surface area contributed by atoms with E-state index >= 15 is 0 Å². The quantitative estimate of drug-likeness (QED) is 0.229. The van der Waals surface area contributed by atoms with E-state index in [1.165, 1.54) is 0 Å². The van der Waals surface area contributed by atoms with Crippen molar-refractivity contribution < 1.29 is 26.4 Å². The van der Waals surface area contributed by atoms with Crippen LogP contribution in [-0.4, -0.2) is 16.1 Å². The van der Waals surface area contributed by atoms with E-state index in [2.05, 4.69) is 0 Å². The van der Waals surface area contributed by atoms with Crippen LogP contribution < -0.4 is 0 Å². The molecule has 0 aromatic heterocycles. The molecule has 22 heavy (non-hydrogen) atoms. The van der Waals surface area contributed by atoms with Crippen molar-refractivity contribution in [1.82, 2.24) is 0 Å². The molecule has 7 heteroatoms. The average Bonchev–Trinajstić information content (AvgIpc) is 2.49. The zero-order valence-electron chi connectivity index (χ0n) is 13.0. The summed E-state index contributed by atoms with van der Waals surface area (Å²) in [4.78, 5) is 0. The fourth-order valence-electron chi connectivity index (χ4n) is 2.18. The van der Waals surface area contributed by atoms with E-state index < -0.39 is 34.6 Å². The third kappa shape index (κ3) is 4.77. The molecule has 0 N–H and O–H groups in total. The van der Waals surface area contributed by atoms with Gasteiger partial charge < -0.3 is 4.43 Å². The second-order valence-electron chi connectivity index (χ2n) is 5.93. The second-order valence-corrected chi connectivity index (χ2v) is 6.33. The fourth-order valence-corrected chi connectivity index (χ4v) is 2.38. The van der Waals surface area contributed by atoms with Gasteiger partial charge in [-0.1, -0.05) is 19.3 Å². The molecule has 0 atom stereocenters. The highest BCUT2D eigenvalue weighted by Crippen LogP contribution is 2.25. The molecular formula is C15H21F5OSi. The highest BCUT2D eigenvalue weighted by Gasteiger charge is 2.25. The van der Waals surface area contributed by atoms with Gasteiger partial charge in [-0.25, -0.2) is 22.0 Å². The Hall–Kier alpha value is -0.953. The molecule has 0 aliphatic carbocycles. The van der Waals surface area contributed by atoms with Crippen LogP contribution in [0.15, 0.2) is 0 Å². The van der Waals surface area contributed by atoms with Crippen molar-refractivity contribution in [2.45, 2.75) is 58.0 Å². The second kappa shape index (κ2) is 8.06. The number of benzene rings is 1. The first kappa shape index (κ1) is 19.1. The molecule has 0 spiro atoms. The zero-order valence-corrected chi connectivity index (χ0v) is 15.0. The molecule has 0 radical (unpaired) electrons. The van der Waals surface area contributed by atoms with Gasteiger partial charge >= 0.3 is 0 Å². The van der Waals surface area contributed by atoms with Crippen molar-refractivity contribution in [2.75, 3.05) is 0 Å². The van der Waals surface area contributed by atoms with Gasteiger partial charge in [-0.2, -0.15) is 0 Å². The minimum absolute atomic E-state index is 0.159. The van der Waals surface area contributed by atoms with Gasteiger partial charge in [0.25, 0.3) is 0 Å². The maximum absolute atomic E-state index is 13.4. The van der Waals surface area contributed by atoms with E-state index in [0.717, 1.165) is 19.3 Å². The van der Waals surface area contributed by atoms with E-state index in [-0.39, 0.29) is 12.0 Å². The molecule has 1 rings (SSSR count). The molecule has 1 nitrogen and oxygen atoms in total. The van der Waals surface area contributed by atoms with Crippen molar-refractivity contribution >= 4 is 10.5 Å². The molecule has 0 aliphatic rings. The molecule has 0 saturated heterocycles. The number of halogens is 5. The van der Waals surface area contributed by atoms with Gasteiger partial charge in [0.05, 0.1) is 0 Å². The first-order valence-corrected chi connectivity index (χ1v) is 8.08. The van der Waals surface area contributed by atoms with E-state index in [9.17, 15) is 22.0 Å². The molecule has 1 aromatic carbocycles. The number of unbranched alkanes of at least 4 members (excludes halogenated alkanes) is 3. The van der Waals surface area contributed by atoms with Crippen molar-refractivity contribution in [1.29, 1.82) is 0 Å². The van der Waals surface area contributed by atoms with Crippen LogP contribution >= 0.6 is 0 Å². The SMILES string of the molecule is CC(C)(CCCCCCc1c(F)c(F)c(F)c(F)c1F)O[SiH3]. The molecule has 0 unspecified atom stereocenters. The summed E-state index contributed by atoms with van der Waals surface area (Å²) < 4.78 is 71.3. The Bertz CT molecular complexity index is 490. The molecule has 0 heterocycles. The summed E-state index contributed by atoms with van der Waals surface area (Å²) in [7, 11) is 0.660. The maximum atomic E-state index is 13.4. The average molecular weight is 340 g/mol. The highest BCUT2D eigenvalue weighted by molar-refractivity contribution is 5.98. The molecule has 0 bridgehead atoms. The first-order valence-electron chi connectivity index (χ1n) is 7.26. The van der Waals surface area contributed by atoms with Gasteiger partial charge in [-0.05, 0) is 33.1 Å². The molecule has 0 saturated carbocycles. The summed E-state index contributed by atoms with van der Waals surface area (Å²) in [5.74, 6) is -9.30. The van der Waals surface area contributed by atoms with E-state index in [0.29, 0.717) is 23.3 Å². The van der Waals surface area contributed by atoms with Crippen LogP contribution in [0.1, 0.15) is 51.5 Å². The largest absolute Gasteiger partial charge is 0.423 e. The minimum Gasteiger partial charge on any atom is -0.423 e. The molecule has 0 aliphatic heterocycles. The molecule has 0 amide bonds. The van der Waals surface area contributed by atoms with Crippen molar-refractivity contribution in [3.8, 4) is 0 Å². The van der Waals surface area contributed by atoms with Crippen LogP contribution in [0, 0.1) is 29.1 Å². The minimum atomic E-state index is -2.11. The Morgan fingerprint density at radius 2 is 1.23 bits per heavy atom. The van der Waals surface area contributed by atoms with Crippen molar-refractivity contribution in [2.24, 2.45) is 0 Å².